The van der Waals surface area contributed by atoms with Crippen molar-refractivity contribution in [1.29, 1.82) is 0 Å². The number of methoxy groups -OCH3 is 2. The van der Waals surface area contributed by atoms with Gasteiger partial charge in [-0.1, -0.05) is 6.92 Å². The fourth-order valence-electron chi connectivity index (χ4n) is 4.01. The van der Waals surface area contributed by atoms with Crippen LogP contribution in [0.2, 0.25) is 0 Å². The van der Waals surface area contributed by atoms with E-state index < -0.39 is 18.2 Å². The molecule has 218 valence electrons. The van der Waals surface area contributed by atoms with E-state index in [-0.39, 0.29) is 51.6 Å². The van der Waals surface area contributed by atoms with Gasteiger partial charge >= 0.3 is 5.97 Å². The molecule has 11 nitrogen and oxygen atoms in total. The average Bonchev–Trinajstić information content (AvgIpc) is 3.00. The maximum atomic E-state index is 11.9. The Kier molecular flexibility index (Phi) is 9.21. The Balaban J connectivity index is 1.77. The Bertz CT molecular complexity index is 1500. The molecule has 0 bridgehead atoms. The summed E-state index contributed by atoms with van der Waals surface area (Å²) < 4.78 is 21.2. The fraction of sp³-hybridized carbons (Fsp3) is 0.258. The first kappa shape index (κ1) is 29.8. The van der Waals surface area contributed by atoms with Gasteiger partial charge in [0.2, 0.25) is 0 Å². The van der Waals surface area contributed by atoms with E-state index in [1.54, 1.807) is 69.5 Å². The number of ketones is 1. The van der Waals surface area contributed by atoms with E-state index in [0.717, 1.165) is 0 Å². The third-order valence-electron chi connectivity index (χ3n) is 6.36. The second-order valence-corrected chi connectivity index (χ2v) is 9.26. The van der Waals surface area contributed by atoms with Crippen LogP contribution < -0.4 is 14.2 Å². The van der Waals surface area contributed by atoms with Crippen LogP contribution in [0.5, 0.6) is 28.7 Å². The zero-order chi connectivity index (χ0) is 30.4. The van der Waals surface area contributed by atoms with Gasteiger partial charge in [-0.15, -0.1) is 0 Å². The van der Waals surface area contributed by atoms with Crippen molar-refractivity contribution in [2.24, 2.45) is 0 Å². The molecule has 3 aromatic carbocycles. The quantitative estimate of drug-likeness (QED) is 0.234. The van der Waals surface area contributed by atoms with Crippen molar-refractivity contribution < 1.29 is 38.7 Å². The molecule has 1 heterocycles. The molecule has 0 saturated heterocycles. The maximum absolute atomic E-state index is 11.9. The minimum atomic E-state index is -0.885. The van der Waals surface area contributed by atoms with Crippen molar-refractivity contribution >= 4 is 11.8 Å². The number of esters is 1. The monoisotopic (exact) mass is 573 g/mol. The Morgan fingerprint density at radius 2 is 1.19 bits per heavy atom. The van der Waals surface area contributed by atoms with Gasteiger partial charge in [0, 0.05) is 24.1 Å². The predicted molar refractivity (Wildman–Crippen MR) is 154 cm³/mol. The molecule has 2 atom stereocenters. The highest BCUT2D eigenvalue weighted by atomic mass is 16.6. The summed E-state index contributed by atoms with van der Waals surface area (Å²) in [6, 6.07) is 16.1. The Hall–Kier alpha value is -5.19. The number of benzene rings is 3. The van der Waals surface area contributed by atoms with Crippen LogP contribution >= 0.6 is 0 Å². The Labute approximate surface area is 242 Å². The maximum Gasteiger partial charge on any atom is 0.346 e. The van der Waals surface area contributed by atoms with E-state index in [2.05, 4.69) is 19.7 Å². The number of aromatic hydroxyl groups is 2. The molecule has 0 aliphatic rings. The van der Waals surface area contributed by atoms with Gasteiger partial charge in [-0.05, 0) is 62.4 Å². The normalized spacial score (nSPS) is 12.2. The molecular formula is C31H31N3O8. The van der Waals surface area contributed by atoms with Gasteiger partial charge in [-0.25, -0.2) is 19.7 Å². The minimum Gasteiger partial charge on any atom is -0.507 e. The number of Topliss-reactive ketones (excluding diaryl/α,β-unsaturated/α-hetero) is 1. The van der Waals surface area contributed by atoms with Crippen LogP contribution in [0.4, 0.5) is 0 Å². The summed E-state index contributed by atoms with van der Waals surface area (Å²) in [5.74, 6) is 0.714. The van der Waals surface area contributed by atoms with Gasteiger partial charge in [0.15, 0.2) is 35.5 Å². The second kappa shape index (κ2) is 13.0. The lowest BCUT2D eigenvalue weighted by Gasteiger charge is -2.15. The highest BCUT2D eigenvalue weighted by molar-refractivity contribution is 5.82. The molecule has 2 unspecified atom stereocenters. The standard InChI is InChI=1S/C31H31N3O8/c1-6-25(35)17(2)41-21-11-13-23(26(36)15-21)29-32-28(19-7-9-20(39-4)10-8-19)33-30(34-29)24-14-12-22(16-27(24)37)42-18(3)31(38)40-5/h7-18,36-37H,6H2,1-5H3. The molecule has 42 heavy (non-hydrogen) atoms. The highest BCUT2D eigenvalue weighted by Crippen LogP contribution is 2.36. The van der Waals surface area contributed by atoms with Crippen molar-refractivity contribution in [2.75, 3.05) is 14.2 Å². The van der Waals surface area contributed by atoms with Crippen LogP contribution in [0.15, 0.2) is 60.7 Å². The van der Waals surface area contributed by atoms with E-state index >= 15 is 0 Å². The molecule has 0 saturated carbocycles. The van der Waals surface area contributed by atoms with E-state index in [1.807, 2.05) is 0 Å². The molecule has 0 fully saturated rings. The van der Waals surface area contributed by atoms with Gasteiger partial charge in [-0.2, -0.15) is 0 Å². The number of phenols is 2. The lowest BCUT2D eigenvalue weighted by molar-refractivity contribution is -0.147. The van der Waals surface area contributed by atoms with Crippen molar-refractivity contribution in [2.45, 2.75) is 39.4 Å². The van der Waals surface area contributed by atoms with Crippen LogP contribution in [0.1, 0.15) is 27.2 Å². The van der Waals surface area contributed by atoms with Gasteiger partial charge in [-0.3, -0.25) is 4.79 Å². The summed E-state index contributed by atoms with van der Waals surface area (Å²) in [7, 11) is 2.82. The molecular weight excluding hydrogens is 542 g/mol. The van der Waals surface area contributed by atoms with E-state index in [0.29, 0.717) is 23.5 Å². The van der Waals surface area contributed by atoms with Crippen LogP contribution in [-0.4, -0.2) is 63.3 Å². The van der Waals surface area contributed by atoms with Crippen molar-refractivity contribution in [3.63, 3.8) is 0 Å². The molecule has 0 aliphatic heterocycles. The molecule has 0 amide bonds. The zero-order valence-corrected chi connectivity index (χ0v) is 23.8. The topological polar surface area (TPSA) is 150 Å². The van der Waals surface area contributed by atoms with Crippen LogP contribution in [-0.2, 0) is 14.3 Å². The van der Waals surface area contributed by atoms with Crippen LogP contribution in [0.25, 0.3) is 34.2 Å². The first-order valence-electron chi connectivity index (χ1n) is 13.1. The van der Waals surface area contributed by atoms with Crippen molar-refractivity contribution in [3.8, 4) is 62.9 Å². The number of carbonyl (C=O) groups excluding carboxylic acids is 2. The van der Waals surface area contributed by atoms with Gasteiger partial charge in [0.25, 0.3) is 0 Å². The summed E-state index contributed by atoms with van der Waals surface area (Å²) in [6.07, 6.45) is -1.22. The number of hydrogen-bond acceptors (Lipinski definition) is 11. The zero-order valence-electron chi connectivity index (χ0n) is 23.8. The number of nitrogens with zero attached hydrogens (tertiary/aromatic N) is 3. The molecule has 2 N–H and O–H groups in total. The molecule has 0 spiro atoms. The molecule has 1 aromatic heterocycles. The highest BCUT2D eigenvalue weighted by Gasteiger charge is 2.20. The summed E-state index contributed by atoms with van der Waals surface area (Å²) in [5.41, 5.74) is 1.18. The van der Waals surface area contributed by atoms with Gasteiger partial charge < -0.3 is 29.2 Å². The molecule has 0 radical (unpaired) electrons. The smallest absolute Gasteiger partial charge is 0.346 e. The largest absolute Gasteiger partial charge is 0.507 e. The Morgan fingerprint density at radius 3 is 1.64 bits per heavy atom. The van der Waals surface area contributed by atoms with Crippen LogP contribution in [0, 0.1) is 0 Å². The lowest BCUT2D eigenvalue weighted by atomic mass is 10.1. The lowest BCUT2D eigenvalue weighted by Crippen LogP contribution is -2.24. The van der Waals surface area contributed by atoms with Gasteiger partial charge in [0.1, 0.15) is 28.7 Å². The number of ether oxygens (including phenoxy) is 4. The minimum absolute atomic E-state index is 0.0687. The van der Waals surface area contributed by atoms with Crippen molar-refractivity contribution in [1.82, 2.24) is 15.0 Å². The number of carbonyl (C=O) groups is 2. The van der Waals surface area contributed by atoms with Crippen molar-refractivity contribution in [3.05, 3.63) is 60.7 Å². The van der Waals surface area contributed by atoms with Gasteiger partial charge in [0.05, 0.1) is 25.3 Å². The SMILES string of the molecule is CCC(=O)C(C)Oc1ccc(-c2nc(-c3ccc(OC)cc3)nc(-c3ccc(OC(C)C(=O)OC)cc3O)n2)c(O)c1. The summed E-state index contributed by atoms with van der Waals surface area (Å²) in [5, 5.41) is 21.8. The fourth-order valence-corrected chi connectivity index (χ4v) is 4.01. The second-order valence-electron chi connectivity index (χ2n) is 9.26. The molecule has 11 heteroatoms. The third-order valence-corrected chi connectivity index (χ3v) is 6.36. The van der Waals surface area contributed by atoms with Crippen LogP contribution in [0.3, 0.4) is 0 Å². The molecule has 4 aromatic rings. The van der Waals surface area contributed by atoms with E-state index in [9.17, 15) is 19.8 Å². The average molecular weight is 574 g/mol. The Morgan fingerprint density at radius 1 is 0.714 bits per heavy atom. The van der Waals surface area contributed by atoms with E-state index in [4.69, 9.17) is 14.2 Å². The first-order chi connectivity index (χ1) is 20.1. The summed E-state index contributed by atoms with van der Waals surface area (Å²) >= 11 is 0. The molecule has 0 aliphatic carbocycles. The van der Waals surface area contributed by atoms with E-state index in [1.165, 1.54) is 26.2 Å². The number of phenolic OH excluding ortho intramolecular Hbond substituents is 2. The summed E-state index contributed by atoms with van der Waals surface area (Å²) in [6.45, 7) is 4.93. The summed E-state index contributed by atoms with van der Waals surface area (Å²) in [4.78, 5) is 37.4. The number of rotatable bonds is 11. The number of aromatic nitrogens is 3. The predicted octanol–water partition coefficient (Wildman–Crippen LogP) is 4.98. The number of hydrogen-bond donors (Lipinski definition) is 2. The first-order valence-corrected chi connectivity index (χ1v) is 13.1. The molecule has 4 rings (SSSR count). The third kappa shape index (κ3) is 6.74.